The Hall–Kier alpha value is -4.83. The predicted octanol–water partition coefficient (Wildman–Crippen LogP) is 11.2. The van der Waals surface area contributed by atoms with E-state index in [4.69, 9.17) is 9.40 Å². The summed E-state index contributed by atoms with van der Waals surface area (Å²) in [6, 6.07) is 44.5. The van der Waals surface area contributed by atoms with Crippen molar-refractivity contribution in [1.82, 2.24) is 14.5 Å². The second-order valence-corrected chi connectivity index (χ2v) is 12.1. The van der Waals surface area contributed by atoms with E-state index in [1.807, 2.05) is 48.5 Å². The molecule has 235 valence electrons. The first kappa shape index (κ1) is 32.1. The molecule has 3 heterocycles. The summed E-state index contributed by atoms with van der Waals surface area (Å²) in [4.78, 5) is 9.35. The zero-order valence-electron chi connectivity index (χ0n) is 26.9. The molecule has 0 fully saturated rings. The van der Waals surface area contributed by atoms with Gasteiger partial charge in [0.25, 0.3) is 0 Å². The maximum absolute atomic E-state index is 5.98. The number of hydrogen-bond donors (Lipinski definition) is 0. The number of nitrogens with zero attached hydrogens (tertiary/aromatic N) is 3. The van der Waals surface area contributed by atoms with Crippen molar-refractivity contribution in [3.05, 3.63) is 151 Å². The van der Waals surface area contributed by atoms with Crippen LogP contribution in [0.5, 0.6) is 0 Å². The summed E-state index contributed by atoms with van der Waals surface area (Å²) >= 11 is 0. The largest absolute Gasteiger partial charge is 0.557 e. The molecular formula is C42H35IrN3O-2. The van der Waals surface area contributed by atoms with E-state index in [0.717, 1.165) is 50.0 Å². The summed E-state index contributed by atoms with van der Waals surface area (Å²) in [5.74, 6) is 1.61. The summed E-state index contributed by atoms with van der Waals surface area (Å²) in [5, 5.41) is 3.37. The van der Waals surface area contributed by atoms with Crippen LogP contribution in [0.25, 0.3) is 61.1 Å². The molecule has 0 atom stereocenters. The fraction of sp³-hybridized carbons (Fsp3) is 0.143. The minimum Gasteiger partial charge on any atom is -0.557 e. The zero-order valence-corrected chi connectivity index (χ0v) is 29.3. The van der Waals surface area contributed by atoms with Gasteiger partial charge in [-0.3, -0.25) is 4.98 Å². The van der Waals surface area contributed by atoms with Crippen LogP contribution in [0.4, 0.5) is 0 Å². The fourth-order valence-electron chi connectivity index (χ4n) is 6.09. The van der Waals surface area contributed by atoms with Gasteiger partial charge in [0.15, 0.2) is 0 Å². The van der Waals surface area contributed by atoms with Crippen molar-refractivity contribution >= 4 is 32.8 Å². The Labute approximate surface area is 289 Å². The van der Waals surface area contributed by atoms with Crippen molar-refractivity contribution in [3.8, 4) is 28.3 Å². The van der Waals surface area contributed by atoms with Crippen LogP contribution < -0.4 is 0 Å². The summed E-state index contributed by atoms with van der Waals surface area (Å²) in [7, 11) is 0. The molecule has 0 unspecified atom stereocenters. The van der Waals surface area contributed by atoms with Gasteiger partial charge >= 0.3 is 0 Å². The van der Waals surface area contributed by atoms with Crippen LogP contribution in [0.1, 0.15) is 50.7 Å². The maximum atomic E-state index is 5.98. The predicted molar refractivity (Wildman–Crippen MR) is 189 cm³/mol. The molecule has 0 aliphatic heterocycles. The Morgan fingerprint density at radius 1 is 0.702 bits per heavy atom. The van der Waals surface area contributed by atoms with Crippen LogP contribution in [-0.4, -0.2) is 14.5 Å². The first-order chi connectivity index (χ1) is 22.5. The molecule has 0 N–H and O–H groups in total. The minimum absolute atomic E-state index is 0. The van der Waals surface area contributed by atoms with E-state index in [1.54, 1.807) is 6.20 Å². The Bertz CT molecular complexity index is 2200. The van der Waals surface area contributed by atoms with Crippen molar-refractivity contribution in [2.75, 3.05) is 0 Å². The fourth-order valence-corrected chi connectivity index (χ4v) is 6.09. The average Bonchev–Trinajstić information content (AvgIpc) is 3.68. The SMILES string of the molecule is CC(C)c1cccc(C(C)C)c1-n1c(-c2[c-]oc3cc4ccccc4cc23)nc2ccccc21.[Ir].[c-]1ccccc1-c1ccccn1. The molecule has 3 aromatic heterocycles. The average molecular weight is 790 g/mol. The number of pyridine rings is 1. The third kappa shape index (κ3) is 6.30. The van der Waals surface area contributed by atoms with Gasteiger partial charge in [0, 0.05) is 43.8 Å². The maximum Gasteiger partial charge on any atom is 0.0774 e. The van der Waals surface area contributed by atoms with E-state index < -0.39 is 0 Å². The Kier molecular flexibility index (Phi) is 9.49. The van der Waals surface area contributed by atoms with Gasteiger partial charge in [-0.05, 0) is 57.6 Å². The summed E-state index contributed by atoms with van der Waals surface area (Å²) in [5.41, 5.74) is 9.64. The van der Waals surface area contributed by atoms with Crippen LogP contribution in [0, 0.1) is 12.3 Å². The molecule has 5 aromatic carbocycles. The van der Waals surface area contributed by atoms with E-state index >= 15 is 0 Å². The second-order valence-electron chi connectivity index (χ2n) is 12.1. The molecule has 0 saturated heterocycles. The molecule has 0 bridgehead atoms. The topological polar surface area (TPSA) is 43.9 Å². The smallest absolute Gasteiger partial charge is 0.0774 e. The number of fused-ring (bicyclic) bond motifs is 3. The van der Waals surface area contributed by atoms with Crippen molar-refractivity contribution in [2.24, 2.45) is 0 Å². The van der Waals surface area contributed by atoms with E-state index in [9.17, 15) is 0 Å². The Balaban J connectivity index is 0.000000250. The van der Waals surface area contributed by atoms with Crippen LogP contribution in [0.15, 0.2) is 132 Å². The standard InChI is InChI=1S/C31H27N2O.C11H8N.Ir/c1-19(2)23-12-9-13-24(20(3)4)30(23)33-28-15-8-7-14-27(28)32-31(33)26-18-34-29-17-22-11-6-5-10-21(22)16-25(26)29;1-2-6-10(7-3-1)11-8-4-5-9-12-11;/h5-17,19-20H,1-4H3;1-6,8-9H;/q2*-1;. The van der Waals surface area contributed by atoms with Crippen LogP contribution >= 0.6 is 0 Å². The second kappa shape index (κ2) is 13.9. The van der Waals surface area contributed by atoms with E-state index in [0.29, 0.717) is 11.8 Å². The number of benzene rings is 5. The van der Waals surface area contributed by atoms with Gasteiger partial charge in [-0.1, -0.05) is 118 Å². The monoisotopic (exact) mass is 790 g/mol. The molecule has 5 heteroatoms. The molecule has 8 rings (SSSR count). The number of para-hydroxylation sites is 3. The van der Waals surface area contributed by atoms with Crippen LogP contribution in [-0.2, 0) is 20.1 Å². The molecule has 0 spiro atoms. The van der Waals surface area contributed by atoms with Gasteiger partial charge in [-0.15, -0.1) is 35.9 Å². The van der Waals surface area contributed by atoms with E-state index in [-0.39, 0.29) is 20.1 Å². The van der Waals surface area contributed by atoms with Crippen LogP contribution in [0.2, 0.25) is 0 Å². The van der Waals surface area contributed by atoms with Gasteiger partial charge < -0.3 is 14.0 Å². The van der Waals surface area contributed by atoms with Gasteiger partial charge in [-0.25, -0.2) is 0 Å². The number of aromatic nitrogens is 3. The molecule has 4 nitrogen and oxygen atoms in total. The molecule has 0 aliphatic carbocycles. The number of imidazole rings is 1. The number of hydrogen-bond acceptors (Lipinski definition) is 3. The van der Waals surface area contributed by atoms with Gasteiger partial charge in [0.1, 0.15) is 0 Å². The Morgan fingerprint density at radius 2 is 1.38 bits per heavy atom. The zero-order chi connectivity index (χ0) is 31.6. The van der Waals surface area contributed by atoms with Gasteiger partial charge in [-0.2, -0.15) is 0 Å². The van der Waals surface area contributed by atoms with E-state index in [2.05, 4.69) is 122 Å². The van der Waals surface area contributed by atoms with Crippen LogP contribution in [0.3, 0.4) is 0 Å². The summed E-state index contributed by atoms with van der Waals surface area (Å²) in [6.07, 6.45) is 5.00. The van der Waals surface area contributed by atoms with Gasteiger partial charge in [0.05, 0.1) is 16.9 Å². The van der Waals surface area contributed by atoms with Crippen molar-refractivity contribution < 1.29 is 24.5 Å². The Morgan fingerprint density at radius 3 is 2.06 bits per heavy atom. The molecule has 0 amide bonds. The van der Waals surface area contributed by atoms with Crippen molar-refractivity contribution in [3.63, 3.8) is 0 Å². The van der Waals surface area contributed by atoms with E-state index in [1.165, 1.54) is 22.2 Å². The molecule has 0 aliphatic rings. The van der Waals surface area contributed by atoms with Crippen molar-refractivity contribution in [1.29, 1.82) is 0 Å². The summed E-state index contributed by atoms with van der Waals surface area (Å²) in [6.45, 7) is 9.03. The quantitative estimate of drug-likeness (QED) is 0.163. The number of rotatable bonds is 5. The van der Waals surface area contributed by atoms with Crippen molar-refractivity contribution in [2.45, 2.75) is 39.5 Å². The molecule has 1 radical (unpaired) electrons. The molecular weight excluding hydrogens is 755 g/mol. The summed E-state index contributed by atoms with van der Waals surface area (Å²) < 4.78 is 8.30. The molecule has 47 heavy (non-hydrogen) atoms. The number of furan rings is 1. The molecule has 0 saturated carbocycles. The first-order valence-corrected chi connectivity index (χ1v) is 15.8. The third-order valence-corrected chi connectivity index (χ3v) is 8.38. The first-order valence-electron chi connectivity index (χ1n) is 15.8. The minimum atomic E-state index is 0. The third-order valence-electron chi connectivity index (χ3n) is 8.38. The molecule has 8 aromatic rings. The normalized spacial score (nSPS) is 11.2. The van der Waals surface area contributed by atoms with Gasteiger partial charge in [0.2, 0.25) is 0 Å².